The van der Waals surface area contributed by atoms with Crippen molar-refractivity contribution in [1.29, 1.82) is 0 Å². The standard InChI is InChI=1S/C15H24O/c1-10(2)12-5-6-13-14(16)9-11(3)7-8-15(12,13)4/h9-10,12-13H,5-8H2,1-4H3. The first-order chi connectivity index (χ1) is 7.45. The molecule has 1 nitrogen and oxygen atoms in total. The van der Waals surface area contributed by atoms with E-state index in [2.05, 4.69) is 27.7 Å². The van der Waals surface area contributed by atoms with Crippen molar-refractivity contribution in [2.45, 2.75) is 53.4 Å². The maximum absolute atomic E-state index is 12.2. The maximum atomic E-state index is 12.2. The van der Waals surface area contributed by atoms with E-state index in [4.69, 9.17) is 0 Å². The molecule has 0 amide bonds. The molecule has 0 aromatic carbocycles. The first-order valence-corrected chi connectivity index (χ1v) is 6.66. The zero-order chi connectivity index (χ0) is 11.9. The van der Waals surface area contributed by atoms with Crippen molar-refractivity contribution in [2.75, 3.05) is 0 Å². The number of carbonyl (C=O) groups excluding carboxylic acids is 1. The Kier molecular flexibility index (Phi) is 2.98. The highest BCUT2D eigenvalue weighted by molar-refractivity contribution is 5.93. The van der Waals surface area contributed by atoms with Crippen LogP contribution >= 0.6 is 0 Å². The fraction of sp³-hybridized carbons (Fsp3) is 0.800. The van der Waals surface area contributed by atoms with Crippen LogP contribution in [-0.4, -0.2) is 5.78 Å². The van der Waals surface area contributed by atoms with Gasteiger partial charge in [0.05, 0.1) is 0 Å². The molecular formula is C15H24O. The van der Waals surface area contributed by atoms with Gasteiger partial charge in [-0.15, -0.1) is 0 Å². The van der Waals surface area contributed by atoms with Gasteiger partial charge in [-0.3, -0.25) is 4.79 Å². The van der Waals surface area contributed by atoms with Crippen molar-refractivity contribution >= 4 is 5.78 Å². The van der Waals surface area contributed by atoms with E-state index in [1.54, 1.807) is 0 Å². The van der Waals surface area contributed by atoms with Gasteiger partial charge in [0.2, 0.25) is 0 Å². The zero-order valence-electron chi connectivity index (χ0n) is 11.0. The molecule has 0 aromatic heterocycles. The number of ketones is 1. The number of fused-ring (bicyclic) bond motifs is 1. The minimum Gasteiger partial charge on any atom is -0.295 e. The highest BCUT2D eigenvalue weighted by Gasteiger charge is 2.50. The molecular weight excluding hydrogens is 196 g/mol. The van der Waals surface area contributed by atoms with Crippen LogP contribution in [0.3, 0.4) is 0 Å². The summed E-state index contributed by atoms with van der Waals surface area (Å²) >= 11 is 0. The van der Waals surface area contributed by atoms with Gasteiger partial charge in [0.1, 0.15) is 0 Å². The Morgan fingerprint density at radius 3 is 2.69 bits per heavy atom. The van der Waals surface area contributed by atoms with Gasteiger partial charge in [-0.25, -0.2) is 0 Å². The van der Waals surface area contributed by atoms with E-state index in [0.717, 1.165) is 18.8 Å². The van der Waals surface area contributed by atoms with Crippen molar-refractivity contribution in [3.63, 3.8) is 0 Å². The van der Waals surface area contributed by atoms with Crippen molar-refractivity contribution < 1.29 is 4.79 Å². The minimum atomic E-state index is 0.263. The van der Waals surface area contributed by atoms with Crippen molar-refractivity contribution in [3.05, 3.63) is 11.6 Å². The lowest BCUT2D eigenvalue weighted by Gasteiger charge is -2.37. The molecule has 3 unspecified atom stereocenters. The van der Waals surface area contributed by atoms with Gasteiger partial charge in [-0.1, -0.05) is 26.3 Å². The Balaban J connectivity index is 2.31. The molecule has 3 atom stereocenters. The van der Waals surface area contributed by atoms with Gasteiger partial charge in [0.15, 0.2) is 5.78 Å². The third kappa shape index (κ3) is 1.74. The average Bonchev–Trinajstić information content (AvgIpc) is 2.48. The number of hydrogen-bond acceptors (Lipinski definition) is 1. The van der Waals surface area contributed by atoms with E-state index in [-0.39, 0.29) is 5.41 Å². The lowest BCUT2D eigenvalue weighted by Crippen LogP contribution is -2.34. The van der Waals surface area contributed by atoms with Crippen LogP contribution in [0.2, 0.25) is 0 Å². The fourth-order valence-corrected chi connectivity index (χ4v) is 4.07. The molecule has 0 N–H and O–H groups in total. The third-order valence-electron chi connectivity index (χ3n) is 5.00. The van der Waals surface area contributed by atoms with E-state index >= 15 is 0 Å². The summed E-state index contributed by atoms with van der Waals surface area (Å²) in [6.07, 6.45) is 6.59. The van der Waals surface area contributed by atoms with Crippen LogP contribution in [-0.2, 0) is 4.79 Å². The average molecular weight is 220 g/mol. The molecule has 2 aliphatic carbocycles. The van der Waals surface area contributed by atoms with Crippen LogP contribution in [0.25, 0.3) is 0 Å². The minimum absolute atomic E-state index is 0.263. The lowest BCUT2D eigenvalue weighted by atomic mass is 9.66. The van der Waals surface area contributed by atoms with Crippen LogP contribution in [0.5, 0.6) is 0 Å². The fourth-order valence-electron chi connectivity index (χ4n) is 4.07. The molecule has 0 spiro atoms. The first kappa shape index (κ1) is 11.9. The van der Waals surface area contributed by atoms with E-state index < -0.39 is 0 Å². The second-order valence-electron chi connectivity index (χ2n) is 6.38. The van der Waals surface area contributed by atoms with Crippen LogP contribution in [0.15, 0.2) is 11.6 Å². The van der Waals surface area contributed by atoms with E-state index in [1.807, 2.05) is 6.08 Å². The van der Waals surface area contributed by atoms with E-state index in [0.29, 0.717) is 17.6 Å². The monoisotopic (exact) mass is 220 g/mol. The van der Waals surface area contributed by atoms with Crippen LogP contribution in [0.1, 0.15) is 53.4 Å². The summed E-state index contributed by atoms with van der Waals surface area (Å²) in [6.45, 7) is 9.09. The second-order valence-corrected chi connectivity index (χ2v) is 6.38. The predicted octanol–water partition coefficient (Wildman–Crippen LogP) is 3.98. The SMILES string of the molecule is CC1=CC(=O)C2CCC(C(C)C)C2(C)CC1. The summed E-state index contributed by atoms with van der Waals surface area (Å²) in [5.74, 6) is 2.15. The number of allylic oxidation sites excluding steroid dienone is 2. The van der Waals surface area contributed by atoms with Crippen LogP contribution < -0.4 is 0 Å². The van der Waals surface area contributed by atoms with Gasteiger partial charge in [0, 0.05) is 5.92 Å². The zero-order valence-corrected chi connectivity index (χ0v) is 11.0. The quantitative estimate of drug-likeness (QED) is 0.653. The van der Waals surface area contributed by atoms with Crippen molar-refractivity contribution in [3.8, 4) is 0 Å². The number of hydrogen-bond donors (Lipinski definition) is 0. The summed E-state index contributed by atoms with van der Waals surface area (Å²) in [6, 6.07) is 0. The molecule has 1 fully saturated rings. The number of carbonyl (C=O) groups is 1. The second kappa shape index (κ2) is 4.01. The largest absolute Gasteiger partial charge is 0.295 e. The molecule has 16 heavy (non-hydrogen) atoms. The number of rotatable bonds is 1. The molecule has 0 radical (unpaired) electrons. The maximum Gasteiger partial charge on any atom is 0.159 e. The third-order valence-corrected chi connectivity index (χ3v) is 5.00. The van der Waals surface area contributed by atoms with Crippen molar-refractivity contribution in [2.24, 2.45) is 23.2 Å². The molecule has 90 valence electrons. The van der Waals surface area contributed by atoms with Crippen LogP contribution in [0, 0.1) is 23.2 Å². The smallest absolute Gasteiger partial charge is 0.159 e. The van der Waals surface area contributed by atoms with Gasteiger partial charge in [-0.2, -0.15) is 0 Å². The summed E-state index contributed by atoms with van der Waals surface area (Å²) < 4.78 is 0. The topological polar surface area (TPSA) is 17.1 Å². The summed E-state index contributed by atoms with van der Waals surface area (Å²) in [4.78, 5) is 12.2. The normalized spacial score (nSPS) is 39.6. The Hall–Kier alpha value is -0.590. The molecule has 0 aliphatic heterocycles. The van der Waals surface area contributed by atoms with Gasteiger partial charge in [-0.05, 0) is 55.9 Å². The molecule has 1 saturated carbocycles. The highest BCUT2D eigenvalue weighted by atomic mass is 16.1. The Bertz CT molecular complexity index is 326. The van der Waals surface area contributed by atoms with Gasteiger partial charge < -0.3 is 0 Å². The molecule has 0 bridgehead atoms. The molecule has 0 saturated heterocycles. The Labute approximate surface area is 99.3 Å². The first-order valence-electron chi connectivity index (χ1n) is 6.66. The summed E-state index contributed by atoms with van der Waals surface area (Å²) in [5.41, 5.74) is 1.54. The molecule has 0 aromatic rings. The highest BCUT2D eigenvalue weighted by Crippen LogP contribution is 2.55. The summed E-state index contributed by atoms with van der Waals surface area (Å²) in [7, 11) is 0. The Morgan fingerprint density at radius 2 is 2.06 bits per heavy atom. The molecule has 2 aliphatic rings. The Morgan fingerprint density at radius 1 is 1.38 bits per heavy atom. The predicted molar refractivity (Wildman–Crippen MR) is 67.2 cm³/mol. The van der Waals surface area contributed by atoms with Crippen molar-refractivity contribution in [1.82, 2.24) is 0 Å². The van der Waals surface area contributed by atoms with Gasteiger partial charge >= 0.3 is 0 Å². The van der Waals surface area contributed by atoms with Gasteiger partial charge in [0.25, 0.3) is 0 Å². The lowest BCUT2D eigenvalue weighted by molar-refractivity contribution is -0.121. The molecule has 2 rings (SSSR count). The van der Waals surface area contributed by atoms with E-state index in [9.17, 15) is 4.79 Å². The van der Waals surface area contributed by atoms with E-state index in [1.165, 1.54) is 18.4 Å². The molecule has 0 heterocycles. The summed E-state index contributed by atoms with van der Waals surface area (Å²) in [5, 5.41) is 0. The molecule has 1 heteroatoms. The van der Waals surface area contributed by atoms with Crippen LogP contribution in [0.4, 0.5) is 0 Å².